The topological polar surface area (TPSA) is 3.24 Å². The fraction of sp³-hybridized carbons (Fsp3) is 0.0690. The predicted molar refractivity (Wildman–Crippen MR) is 247 cm³/mol. The minimum atomic E-state index is -0.506. The Labute approximate surface area is 347 Å². The molecular weight excluding hydrogens is 711 g/mol. The molecule has 0 saturated carbocycles. The van der Waals surface area contributed by atoms with Crippen molar-refractivity contribution in [3.8, 4) is 44.5 Å². The van der Waals surface area contributed by atoms with E-state index in [2.05, 4.69) is 243 Å². The second-order valence-corrected chi connectivity index (χ2v) is 16.5. The van der Waals surface area contributed by atoms with Crippen LogP contribution in [0.4, 0.5) is 17.1 Å². The van der Waals surface area contributed by atoms with E-state index < -0.39 is 5.41 Å². The van der Waals surface area contributed by atoms with Crippen LogP contribution in [0.2, 0.25) is 0 Å². The van der Waals surface area contributed by atoms with Crippen LogP contribution in [-0.2, 0) is 10.8 Å². The number of hydrogen-bond acceptors (Lipinski definition) is 1. The summed E-state index contributed by atoms with van der Waals surface area (Å²) in [7, 11) is 0. The summed E-state index contributed by atoms with van der Waals surface area (Å²) in [4.78, 5) is 2.48. The van der Waals surface area contributed by atoms with Crippen LogP contribution in [0.25, 0.3) is 44.5 Å². The molecule has 0 N–H and O–H groups in total. The van der Waals surface area contributed by atoms with Crippen LogP contribution in [0.3, 0.4) is 0 Å². The normalized spacial score (nSPS) is 13.9. The Morgan fingerprint density at radius 2 is 0.814 bits per heavy atom. The van der Waals surface area contributed by atoms with Gasteiger partial charge < -0.3 is 4.90 Å². The van der Waals surface area contributed by atoms with E-state index >= 15 is 0 Å². The highest BCUT2D eigenvalue weighted by atomic mass is 15.1. The lowest BCUT2D eigenvalue weighted by molar-refractivity contribution is 0.660. The van der Waals surface area contributed by atoms with Gasteiger partial charge in [-0.2, -0.15) is 0 Å². The Hall–Kier alpha value is -7.22. The maximum absolute atomic E-state index is 2.48. The lowest BCUT2D eigenvalue weighted by Gasteiger charge is -2.35. The molecule has 9 aromatic rings. The first kappa shape index (κ1) is 35.0. The van der Waals surface area contributed by atoms with Crippen LogP contribution >= 0.6 is 0 Å². The lowest BCUT2D eigenvalue weighted by Crippen LogP contribution is -2.28. The first-order valence-corrected chi connectivity index (χ1v) is 20.7. The van der Waals surface area contributed by atoms with Crippen molar-refractivity contribution in [1.29, 1.82) is 0 Å². The second-order valence-electron chi connectivity index (χ2n) is 16.5. The average molecular weight is 754 g/mol. The van der Waals surface area contributed by atoms with Crippen molar-refractivity contribution in [2.45, 2.75) is 24.7 Å². The number of anilines is 3. The third-order valence-corrected chi connectivity index (χ3v) is 12.9. The van der Waals surface area contributed by atoms with Gasteiger partial charge in [-0.15, -0.1) is 0 Å². The Morgan fingerprint density at radius 1 is 0.305 bits per heavy atom. The van der Waals surface area contributed by atoms with Gasteiger partial charge in [-0.3, -0.25) is 0 Å². The highest BCUT2D eigenvalue weighted by Crippen LogP contribution is 2.58. The van der Waals surface area contributed by atoms with E-state index in [9.17, 15) is 0 Å². The number of benzene rings is 9. The van der Waals surface area contributed by atoms with Crippen molar-refractivity contribution >= 4 is 17.1 Å². The zero-order chi connectivity index (χ0) is 39.6. The number of nitrogens with zero attached hydrogens (tertiary/aromatic N) is 1. The molecule has 1 heteroatoms. The first-order valence-electron chi connectivity index (χ1n) is 20.7. The third-order valence-electron chi connectivity index (χ3n) is 12.9. The summed E-state index contributed by atoms with van der Waals surface area (Å²) in [5, 5.41) is 0. The van der Waals surface area contributed by atoms with Crippen LogP contribution in [0.15, 0.2) is 224 Å². The molecule has 0 aromatic heterocycles. The van der Waals surface area contributed by atoms with Crippen LogP contribution in [0.1, 0.15) is 47.2 Å². The van der Waals surface area contributed by atoms with Crippen LogP contribution in [0.5, 0.6) is 0 Å². The fourth-order valence-corrected chi connectivity index (χ4v) is 10.3. The molecule has 0 heterocycles. The van der Waals surface area contributed by atoms with Gasteiger partial charge in [0.25, 0.3) is 0 Å². The number of rotatable bonds is 7. The van der Waals surface area contributed by atoms with Crippen molar-refractivity contribution in [2.24, 2.45) is 0 Å². The van der Waals surface area contributed by atoms with Gasteiger partial charge in [0.15, 0.2) is 0 Å². The summed E-state index contributed by atoms with van der Waals surface area (Å²) < 4.78 is 0. The molecule has 11 rings (SSSR count). The molecule has 0 radical (unpaired) electrons. The molecule has 59 heavy (non-hydrogen) atoms. The molecule has 280 valence electrons. The molecule has 0 aliphatic heterocycles. The van der Waals surface area contributed by atoms with E-state index in [-0.39, 0.29) is 5.41 Å². The Balaban J connectivity index is 1.18. The van der Waals surface area contributed by atoms with Gasteiger partial charge in [-0.1, -0.05) is 202 Å². The van der Waals surface area contributed by atoms with Gasteiger partial charge in [-0.05, 0) is 114 Å². The Bertz CT molecular complexity index is 2960. The molecule has 1 nitrogen and oxygen atoms in total. The third kappa shape index (κ3) is 5.39. The molecule has 2 aliphatic carbocycles. The minimum absolute atomic E-state index is 0.143. The standard InChI is InChI=1S/C58H43N/c1-57(2)52-36-34-46(38-51(52)56-48(30-18-32-54(56)57)41-21-9-4-10-22-41)59(45-28-17-23-42(37-45)40-19-7-3-8-20-40)47-33-35-50-49-29-15-16-31-53(49)58(55(50)39-47,43-24-11-5-12-25-43)44-26-13-6-14-27-44/h3-39H,1-2H3. The molecule has 0 saturated heterocycles. The van der Waals surface area contributed by atoms with Gasteiger partial charge in [0.05, 0.1) is 5.41 Å². The summed E-state index contributed by atoms with van der Waals surface area (Å²) >= 11 is 0. The summed E-state index contributed by atoms with van der Waals surface area (Å²) in [6.45, 7) is 4.75. The lowest BCUT2D eigenvalue weighted by atomic mass is 9.67. The number of fused-ring (bicyclic) bond motifs is 6. The van der Waals surface area contributed by atoms with E-state index in [0.29, 0.717) is 0 Å². The van der Waals surface area contributed by atoms with E-state index in [4.69, 9.17) is 0 Å². The summed E-state index contributed by atoms with van der Waals surface area (Å²) in [5.74, 6) is 0. The molecule has 0 amide bonds. The first-order chi connectivity index (χ1) is 29.0. The second kappa shape index (κ2) is 13.7. The van der Waals surface area contributed by atoms with Crippen LogP contribution in [-0.4, -0.2) is 0 Å². The molecule has 0 atom stereocenters. The van der Waals surface area contributed by atoms with Crippen LogP contribution in [0, 0.1) is 0 Å². The van der Waals surface area contributed by atoms with Gasteiger partial charge in [-0.25, -0.2) is 0 Å². The molecule has 2 aliphatic rings. The van der Waals surface area contributed by atoms with Crippen molar-refractivity contribution in [3.05, 3.63) is 258 Å². The summed E-state index contributed by atoms with van der Waals surface area (Å²) in [6.07, 6.45) is 0. The highest BCUT2D eigenvalue weighted by Gasteiger charge is 2.46. The largest absolute Gasteiger partial charge is 0.310 e. The van der Waals surface area contributed by atoms with Gasteiger partial charge in [0.1, 0.15) is 0 Å². The van der Waals surface area contributed by atoms with E-state index in [1.54, 1.807) is 0 Å². The Morgan fingerprint density at radius 3 is 1.53 bits per heavy atom. The molecular formula is C58H43N. The van der Waals surface area contributed by atoms with Crippen molar-refractivity contribution in [3.63, 3.8) is 0 Å². The van der Waals surface area contributed by atoms with Gasteiger partial charge in [0.2, 0.25) is 0 Å². The summed E-state index contributed by atoms with van der Waals surface area (Å²) in [6, 6.07) is 83.0. The van der Waals surface area contributed by atoms with E-state index in [1.165, 1.54) is 77.9 Å². The number of hydrogen-bond donors (Lipinski definition) is 0. The van der Waals surface area contributed by atoms with Crippen molar-refractivity contribution < 1.29 is 0 Å². The SMILES string of the molecule is CC1(C)c2ccc(N(c3cccc(-c4ccccc4)c3)c3ccc4c(c3)C(c3ccccc3)(c3ccccc3)c3ccccc3-4)cc2-c2c(-c3ccccc3)cccc21. The highest BCUT2D eigenvalue weighted by molar-refractivity contribution is 5.96. The zero-order valence-electron chi connectivity index (χ0n) is 33.3. The van der Waals surface area contributed by atoms with Gasteiger partial charge in [0, 0.05) is 22.5 Å². The van der Waals surface area contributed by atoms with E-state index in [1.807, 2.05) is 0 Å². The summed E-state index contributed by atoms with van der Waals surface area (Å²) in [5.41, 5.74) is 20.6. The average Bonchev–Trinajstić information content (AvgIpc) is 3.73. The molecule has 0 fully saturated rings. The fourth-order valence-electron chi connectivity index (χ4n) is 10.3. The van der Waals surface area contributed by atoms with Gasteiger partial charge >= 0.3 is 0 Å². The van der Waals surface area contributed by atoms with E-state index in [0.717, 1.165) is 17.1 Å². The van der Waals surface area contributed by atoms with Crippen molar-refractivity contribution in [1.82, 2.24) is 0 Å². The quantitative estimate of drug-likeness (QED) is 0.157. The maximum Gasteiger partial charge on any atom is 0.0714 e. The molecule has 9 aromatic carbocycles. The smallest absolute Gasteiger partial charge is 0.0714 e. The van der Waals surface area contributed by atoms with Crippen LogP contribution < -0.4 is 4.90 Å². The predicted octanol–water partition coefficient (Wildman–Crippen LogP) is 15.2. The molecule has 0 unspecified atom stereocenters. The minimum Gasteiger partial charge on any atom is -0.310 e. The van der Waals surface area contributed by atoms with Crippen molar-refractivity contribution in [2.75, 3.05) is 4.90 Å². The molecule has 0 bridgehead atoms. The zero-order valence-corrected chi connectivity index (χ0v) is 33.3. The monoisotopic (exact) mass is 753 g/mol. The maximum atomic E-state index is 2.48. The molecule has 0 spiro atoms. The Kier molecular flexibility index (Phi) is 8.13.